The van der Waals surface area contributed by atoms with Crippen molar-refractivity contribution in [2.45, 2.75) is 4.90 Å². The lowest BCUT2D eigenvalue weighted by Gasteiger charge is -2.31. The second-order valence-electron chi connectivity index (χ2n) is 6.14. The van der Waals surface area contributed by atoms with E-state index >= 15 is 0 Å². The van der Waals surface area contributed by atoms with Gasteiger partial charge in [0.15, 0.2) is 0 Å². The summed E-state index contributed by atoms with van der Waals surface area (Å²) < 4.78 is 32.4. The number of nitrogens with zero attached hydrogens (tertiary/aromatic N) is 3. The molecule has 1 aromatic carbocycles. The number of likely N-dealkylation sites (N-methyl/N-ethyl adjacent to an activating group) is 1. The molecule has 0 aliphatic carbocycles. The van der Waals surface area contributed by atoms with E-state index in [0.717, 1.165) is 0 Å². The summed E-state index contributed by atoms with van der Waals surface area (Å²) in [4.78, 5) is 16.5. The topological polar surface area (TPSA) is 70.2 Å². The van der Waals surface area contributed by atoms with Crippen molar-refractivity contribution >= 4 is 15.9 Å². The number of carbonyl (C=O) groups excluding carboxylic acids is 1. The molecule has 0 unspecified atom stereocenters. The van der Waals surface area contributed by atoms with Crippen molar-refractivity contribution < 1.29 is 17.9 Å². The van der Waals surface area contributed by atoms with Gasteiger partial charge in [0.05, 0.1) is 18.1 Å². The minimum Gasteiger partial charge on any atom is -0.378 e. The molecular weight excluding hydrogens is 330 g/mol. The Kier molecular flexibility index (Phi) is 5.19. The monoisotopic (exact) mass is 353 g/mol. The van der Waals surface area contributed by atoms with Crippen LogP contribution in [0, 0.1) is 0 Å². The Morgan fingerprint density at radius 1 is 1.04 bits per heavy atom. The minimum absolute atomic E-state index is 0.145. The first kappa shape index (κ1) is 17.3. The highest BCUT2D eigenvalue weighted by Gasteiger charge is 2.28. The maximum absolute atomic E-state index is 12.8. The van der Waals surface area contributed by atoms with Crippen molar-refractivity contribution in [2.75, 3.05) is 59.5 Å². The average molecular weight is 353 g/mol. The van der Waals surface area contributed by atoms with Gasteiger partial charge in [-0.3, -0.25) is 4.79 Å². The molecule has 1 aromatic rings. The number of morpholine rings is 1. The molecule has 0 bridgehead atoms. The number of amides is 1. The highest BCUT2D eigenvalue weighted by molar-refractivity contribution is 7.89. The summed E-state index contributed by atoms with van der Waals surface area (Å²) in [6.07, 6.45) is 0. The highest BCUT2D eigenvalue weighted by atomic mass is 32.2. The van der Waals surface area contributed by atoms with Gasteiger partial charge in [0, 0.05) is 44.8 Å². The molecule has 3 rings (SSSR count). The van der Waals surface area contributed by atoms with Gasteiger partial charge >= 0.3 is 0 Å². The van der Waals surface area contributed by atoms with Crippen LogP contribution in [0.1, 0.15) is 10.4 Å². The zero-order chi connectivity index (χ0) is 17.2. The summed E-state index contributed by atoms with van der Waals surface area (Å²) in [6.45, 7) is 4.48. The first-order chi connectivity index (χ1) is 11.5. The molecule has 132 valence electrons. The standard InChI is InChI=1S/C16H23N3O4S/c1-17-5-7-19(8-6-17)24(21,22)15-4-2-3-14(13-15)16(20)18-9-11-23-12-10-18/h2-4,13H,5-12H2,1H3. The van der Waals surface area contributed by atoms with Crippen LogP contribution in [0.15, 0.2) is 29.2 Å². The number of ether oxygens (including phenoxy) is 1. The molecule has 0 atom stereocenters. The van der Waals surface area contributed by atoms with Crippen LogP contribution >= 0.6 is 0 Å². The third-order valence-corrected chi connectivity index (χ3v) is 6.37. The molecule has 0 radical (unpaired) electrons. The Morgan fingerprint density at radius 3 is 2.38 bits per heavy atom. The van der Waals surface area contributed by atoms with Crippen molar-refractivity contribution in [3.8, 4) is 0 Å². The third-order valence-electron chi connectivity index (χ3n) is 4.48. The summed E-state index contributed by atoms with van der Waals surface area (Å²) in [5, 5.41) is 0. The molecule has 7 nitrogen and oxygen atoms in total. The van der Waals surface area contributed by atoms with Crippen LogP contribution in [0.2, 0.25) is 0 Å². The Morgan fingerprint density at radius 2 is 1.71 bits per heavy atom. The van der Waals surface area contributed by atoms with E-state index in [9.17, 15) is 13.2 Å². The number of sulfonamides is 1. The van der Waals surface area contributed by atoms with Crippen LogP contribution in [0.3, 0.4) is 0 Å². The SMILES string of the molecule is CN1CCN(S(=O)(=O)c2cccc(C(=O)N3CCOCC3)c2)CC1. The van der Waals surface area contributed by atoms with Crippen LogP contribution < -0.4 is 0 Å². The summed E-state index contributed by atoms with van der Waals surface area (Å²) >= 11 is 0. The lowest BCUT2D eigenvalue weighted by atomic mass is 10.2. The summed E-state index contributed by atoms with van der Waals surface area (Å²) in [5.74, 6) is -0.145. The van der Waals surface area contributed by atoms with Crippen molar-refractivity contribution in [1.29, 1.82) is 0 Å². The summed E-state index contributed by atoms with van der Waals surface area (Å²) in [6, 6.07) is 6.35. The smallest absolute Gasteiger partial charge is 0.254 e. The van der Waals surface area contributed by atoms with Crippen molar-refractivity contribution in [3.63, 3.8) is 0 Å². The van der Waals surface area contributed by atoms with Gasteiger partial charge in [0.2, 0.25) is 10.0 Å². The molecule has 1 amide bonds. The molecule has 2 heterocycles. The van der Waals surface area contributed by atoms with E-state index in [1.807, 2.05) is 7.05 Å². The summed E-state index contributed by atoms with van der Waals surface area (Å²) in [5.41, 5.74) is 0.409. The number of piperazine rings is 1. The first-order valence-electron chi connectivity index (χ1n) is 8.14. The highest BCUT2D eigenvalue weighted by Crippen LogP contribution is 2.19. The maximum atomic E-state index is 12.8. The lowest BCUT2D eigenvalue weighted by Crippen LogP contribution is -2.47. The lowest BCUT2D eigenvalue weighted by molar-refractivity contribution is 0.0302. The van der Waals surface area contributed by atoms with E-state index in [1.54, 1.807) is 23.1 Å². The molecular formula is C16H23N3O4S. The van der Waals surface area contributed by atoms with Crippen molar-refractivity contribution in [2.24, 2.45) is 0 Å². The molecule has 0 N–H and O–H groups in total. The Hall–Kier alpha value is -1.48. The first-order valence-corrected chi connectivity index (χ1v) is 9.58. The molecule has 8 heteroatoms. The zero-order valence-electron chi connectivity index (χ0n) is 13.8. The van der Waals surface area contributed by atoms with Gasteiger partial charge < -0.3 is 14.5 Å². The van der Waals surface area contributed by atoms with Crippen LogP contribution in [-0.4, -0.2) is 88.0 Å². The number of hydrogen-bond acceptors (Lipinski definition) is 5. The van der Waals surface area contributed by atoms with Gasteiger partial charge in [-0.15, -0.1) is 0 Å². The Bertz CT molecular complexity index is 693. The molecule has 2 saturated heterocycles. The third kappa shape index (κ3) is 3.61. The fourth-order valence-electron chi connectivity index (χ4n) is 2.92. The van der Waals surface area contributed by atoms with E-state index in [2.05, 4.69) is 4.90 Å². The second kappa shape index (κ2) is 7.18. The van der Waals surface area contributed by atoms with E-state index in [0.29, 0.717) is 58.0 Å². The quantitative estimate of drug-likeness (QED) is 0.771. The molecule has 0 saturated carbocycles. The van der Waals surface area contributed by atoms with E-state index in [1.165, 1.54) is 10.4 Å². The van der Waals surface area contributed by atoms with Gasteiger partial charge in [0.25, 0.3) is 5.91 Å². The summed E-state index contributed by atoms with van der Waals surface area (Å²) in [7, 11) is -1.58. The fraction of sp³-hybridized carbons (Fsp3) is 0.562. The largest absolute Gasteiger partial charge is 0.378 e. The molecule has 0 spiro atoms. The average Bonchev–Trinajstić information content (AvgIpc) is 2.62. The predicted octanol–water partition coefficient (Wildman–Crippen LogP) is 0.0951. The normalized spacial score (nSPS) is 21.0. The Labute approximate surface area is 142 Å². The van der Waals surface area contributed by atoms with E-state index in [-0.39, 0.29) is 10.8 Å². The maximum Gasteiger partial charge on any atom is 0.254 e. The van der Waals surface area contributed by atoms with Gasteiger partial charge in [-0.25, -0.2) is 8.42 Å². The van der Waals surface area contributed by atoms with Crippen LogP contribution in [0.5, 0.6) is 0 Å². The van der Waals surface area contributed by atoms with Gasteiger partial charge in [0.1, 0.15) is 0 Å². The van der Waals surface area contributed by atoms with Crippen molar-refractivity contribution in [3.05, 3.63) is 29.8 Å². The van der Waals surface area contributed by atoms with E-state index in [4.69, 9.17) is 4.74 Å². The van der Waals surface area contributed by atoms with E-state index < -0.39 is 10.0 Å². The Balaban J connectivity index is 1.80. The second-order valence-corrected chi connectivity index (χ2v) is 8.08. The van der Waals surface area contributed by atoms with Gasteiger partial charge in [-0.1, -0.05) is 6.07 Å². The number of benzene rings is 1. The number of carbonyl (C=O) groups is 1. The van der Waals surface area contributed by atoms with Gasteiger partial charge in [-0.05, 0) is 25.2 Å². The van der Waals surface area contributed by atoms with Crippen molar-refractivity contribution in [1.82, 2.24) is 14.1 Å². The number of rotatable bonds is 3. The molecule has 24 heavy (non-hydrogen) atoms. The molecule has 2 aliphatic rings. The van der Waals surface area contributed by atoms with Gasteiger partial charge in [-0.2, -0.15) is 4.31 Å². The number of hydrogen-bond donors (Lipinski definition) is 0. The predicted molar refractivity (Wildman–Crippen MR) is 89.4 cm³/mol. The minimum atomic E-state index is -3.56. The van der Waals surface area contributed by atoms with Crippen LogP contribution in [0.4, 0.5) is 0 Å². The molecule has 0 aromatic heterocycles. The zero-order valence-corrected chi connectivity index (χ0v) is 14.7. The molecule has 2 aliphatic heterocycles. The fourth-order valence-corrected chi connectivity index (χ4v) is 4.38. The van der Waals surface area contributed by atoms with Crippen LogP contribution in [0.25, 0.3) is 0 Å². The van der Waals surface area contributed by atoms with Crippen LogP contribution in [-0.2, 0) is 14.8 Å². The molecule has 2 fully saturated rings.